The van der Waals surface area contributed by atoms with Gasteiger partial charge in [0.1, 0.15) is 6.04 Å². The fourth-order valence-electron chi connectivity index (χ4n) is 4.18. The molecule has 1 amide bonds. The first-order valence-electron chi connectivity index (χ1n) is 9.50. The molecule has 2 atom stereocenters. The summed E-state index contributed by atoms with van der Waals surface area (Å²) < 4.78 is 0. The lowest BCUT2D eigenvalue weighted by Crippen LogP contribution is -2.44. The van der Waals surface area contributed by atoms with Crippen LogP contribution in [0.2, 0.25) is 0 Å². The highest BCUT2D eigenvalue weighted by Gasteiger charge is 2.31. The zero-order valence-corrected chi connectivity index (χ0v) is 14.7. The van der Waals surface area contributed by atoms with E-state index in [1.165, 1.54) is 17.5 Å². The average molecular weight is 334 g/mol. The standard InChI is InChI=1S/C22H26N2O/c25-22(24-15-7-2-8-16-24)21(18-10-3-1-4-11-18)23-20-14-13-17-9-5-6-12-19(17)20/h1,3-6,9-12,20-21,23H,2,7-8,13-16H2/t20-,21-/m0/s1. The molecule has 3 heteroatoms. The van der Waals surface area contributed by atoms with Crippen LogP contribution in [0.5, 0.6) is 0 Å². The van der Waals surface area contributed by atoms with Crippen molar-refractivity contribution in [3.05, 3.63) is 71.3 Å². The van der Waals surface area contributed by atoms with E-state index >= 15 is 0 Å². The van der Waals surface area contributed by atoms with E-state index < -0.39 is 0 Å². The van der Waals surface area contributed by atoms with Gasteiger partial charge in [-0.15, -0.1) is 0 Å². The van der Waals surface area contributed by atoms with Crippen LogP contribution < -0.4 is 5.32 Å². The summed E-state index contributed by atoms with van der Waals surface area (Å²) in [5.74, 6) is 0.232. The molecule has 1 saturated heterocycles. The van der Waals surface area contributed by atoms with Gasteiger partial charge < -0.3 is 4.90 Å². The third kappa shape index (κ3) is 3.47. The molecule has 1 N–H and O–H groups in total. The van der Waals surface area contributed by atoms with Crippen molar-refractivity contribution >= 4 is 5.91 Å². The molecule has 1 aliphatic carbocycles. The van der Waals surface area contributed by atoms with E-state index in [-0.39, 0.29) is 18.0 Å². The average Bonchev–Trinajstić information content (AvgIpc) is 3.10. The lowest BCUT2D eigenvalue weighted by molar-refractivity contribution is -0.134. The Kier molecular flexibility index (Phi) is 4.84. The van der Waals surface area contributed by atoms with Crippen LogP contribution in [0.4, 0.5) is 0 Å². The van der Waals surface area contributed by atoms with Gasteiger partial charge in [0, 0.05) is 19.1 Å². The number of benzene rings is 2. The van der Waals surface area contributed by atoms with Crippen molar-refractivity contribution in [3.8, 4) is 0 Å². The minimum atomic E-state index is -0.254. The molecule has 130 valence electrons. The molecule has 0 unspecified atom stereocenters. The number of nitrogens with zero attached hydrogens (tertiary/aromatic N) is 1. The molecule has 2 aromatic rings. The van der Waals surface area contributed by atoms with Crippen molar-refractivity contribution < 1.29 is 4.79 Å². The molecular weight excluding hydrogens is 308 g/mol. The zero-order valence-electron chi connectivity index (χ0n) is 14.7. The Morgan fingerprint density at radius 2 is 1.68 bits per heavy atom. The number of rotatable bonds is 4. The summed E-state index contributed by atoms with van der Waals surface area (Å²) >= 11 is 0. The Morgan fingerprint density at radius 1 is 0.960 bits per heavy atom. The van der Waals surface area contributed by atoms with Crippen LogP contribution in [0.15, 0.2) is 54.6 Å². The molecule has 1 fully saturated rings. The highest BCUT2D eigenvalue weighted by atomic mass is 16.2. The summed E-state index contributed by atoms with van der Waals surface area (Å²) in [6, 6.07) is 18.8. The smallest absolute Gasteiger partial charge is 0.244 e. The molecule has 0 bridgehead atoms. The highest BCUT2D eigenvalue weighted by molar-refractivity contribution is 5.83. The Hall–Kier alpha value is -2.13. The summed E-state index contributed by atoms with van der Waals surface area (Å²) in [6.07, 6.45) is 5.64. The lowest BCUT2D eigenvalue weighted by atomic mass is 10.0. The second-order valence-electron chi connectivity index (χ2n) is 7.19. The van der Waals surface area contributed by atoms with Crippen LogP contribution >= 0.6 is 0 Å². The van der Waals surface area contributed by atoms with Crippen LogP contribution in [-0.2, 0) is 11.2 Å². The van der Waals surface area contributed by atoms with E-state index in [0.717, 1.165) is 44.3 Å². The molecule has 2 aliphatic rings. The number of hydrogen-bond donors (Lipinski definition) is 1. The monoisotopic (exact) mass is 334 g/mol. The quantitative estimate of drug-likeness (QED) is 0.916. The molecule has 4 rings (SSSR count). The molecule has 0 spiro atoms. The first-order valence-corrected chi connectivity index (χ1v) is 9.50. The Bertz CT molecular complexity index is 722. The molecule has 2 aromatic carbocycles. The molecule has 1 heterocycles. The van der Waals surface area contributed by atoms with Crippen LogP contribution in [0.3, 0.4) is 0 Å². The van der Waals surface area contributed by atoms with Gasteiger partial charge >= 0.3 is 0 Å². The van der Waals surface area contributed by atoms with E-state index in [0.29, 0.717) is 0 Å². The van der Waals surface area contributed by atoms with Gasteiger partial charge in [-0.1, -0.05) is 54.6 Å². The van der Waals surface area contributed by atoms with Gasteiger partial charge in [-0.05, 0) is 48.8 Å². The SMILES string of the molecule is O=C([C@@H](N[C@H]1CCc2ccccc21)c1ccccc1)N1CCCCC1. The second-order valence-corrected chi connectivity index (χ2v) is 7.19. The number of piperidine rings is 1. The summed E-state index contributed by atoms with van der Waals surface area (Å²) in [7, 11) is 0. The lowest BCUT2D eigenvalue weighted by Gasteiger charge is -2.32. The van der Waals surface area contributed by atoms with Gasteiger partial charge in [-0.25, -0.2) is 0 Å². The van der Waals surface area contributed by atoms with E-state index in [1.54, 1.807) is 0 Å². The molecule has 0 aromatic heterocycles. The molecule has 3 nitrogen and oxygen atoms in total. The number of carbonyl (C=O) groups is 1. The van der Waals surface area contributed by atoms with Gasteiger partial charge in [0.2, 0.25) is 5.91 Å². The number of carbonyl (C=O) groups excluding carboxylic acids is 1. The number of fused-ring (bicyclic) bond motifs is 1. The predicted octanol–water partition coefficient (Wildman–Crippen LogP) is 4.02. The number of aryl methyl sites for hydroxylation is 1. The fraction of sp³-hybridized carbons (Fsp3) is 0.409. The molecule has 0 saturated carbocycles. The van der Waals surface area contributed by atoms with Gasteiger partial charge in [0.05, 0.1) is 0 Å². The van der Waals surface area contributed by atoms with Gasteiger partial charge in [0.25, 0.3) is 0 Å². The topological polar surface area (TPSA) is 32.3 Å². The molecule has 25 heavy (non-hydrogen) atoms. The van der Waals surface area contributed by atoms with Gasteiger partial charge in [-0.2, -0.15) is 0 Å². The first-order chi connectivity index (χ1) is 12.3. The van der Waals surface area contributed by atoms with Gasteiger partial charge in [0.15, 0.2) is 0 Å². The number of nitrogens with one attached hydrogen (secondary N) is 1. The van der Waals surface area contributed by atoms with Crippen molar-refractivity contribution in [2.45, 2.75) is 44.2 Å². The van der Waals surface area contributed by atoms with Crippen LogP contribution in [0.25, 0.3) is 0 Å². The van der Waals surface area contributed by atoms with Crippen LogP contribution in [-0.4, -0.2) is 23.9 Å². The maximum Gasteiger partial charge on any atom is 0.244 e. The maximum absolute atomic E-state index is 13.3. The zero-order chi connectivity index (χ0) is 17.1. The van der Waals surface area contributed by atoms with E-state index in [4.69, 9.17) is 0 Å². The molecule has 1 aliphatic heterocycles. The predicted molar refractivity (Wildman–Crippen MR) is 100 cm³/mol. The highest BCUT2D eigenvalue weighted by Crippen LogP contribution is 2.33. The van der Waals surface area contributed by atoms with E-state index in [2.05, 4.69) is 46.6 Å². The van der Waals surface area contributed by atoms with Crippen molar-refractivity contribution in [2.24, 2.45) is 0 Å². The minimum absolute atomic E-state index is 0.232. The van der Waals surface area contributed by atoms with Crippen LogP contribution in [0.1, 0.15) is 54.5 Å². The van der Waals surface area contributed by atoms with Crippen molar-refractivity contribution in [2.75, 3.05) is 13.1 Å². The van der Waals surface area contributed by atoms with Crippen molar-refractivity contribution in [1.82, 2.24) is 10.2 Å². The molecule has 0 radical (unpaired) electrons. The largest absolute Gasteiger partial charge is 0.341 e. The number of amides is 1. The number of likely N-dealkylation sites (tertiary alicyclic amines) is 1. The first kappa shape index (κ1) is 16.3. The Morgan fingerprint density at radius 3 is 2.48 bits per heavy atom. The van der Waals surface area contributed by atoms with Crippen molar-refractivity contribution in [3.63, 3.8) is 0 Å². The Labute approximate surface area is 150 Å². The fourth-order valence-corrected chi connectivity index (χ4v) is 4.18. The summed E-state index contributed by atoms with van der Waals surface area (Å²) in [6.45, 7) is 1.79. The normalized spacial score (nSPS) is 21.0. The third-order valence-electron chi connectivity index (χ3n) is 5.55. The summed E-state index contributed by atoms with van der Waals surface area (Å²) in [5.41, 5.74) is 3.84. The molecular formula is C22H26N2O. The van der Waals surface area contributed by atoms with Crippen molar-refractivity contribution in [1.29, 1.82) is 0 Å². The van der Waals surface area contributed by atoms with Gasteiger partial charge in [-0.3, -0.25) is 10.1 Å². The third-order valence-corrected chi connectivity index (χ3v) is 5.55. The Balaban J connectivity index is 1.59. The van der Waals surface area contributed by atoms with E-state index in [1.807, 2.05) is 18.2 Å². The second kappa shape index (κ2) is 7.40. The number of hydrogen-bond acceptors (Lipinski definition) is 2. The minimum Gasteiger partial charge on any atom is -0.341 e. The summed E-state index contributed by atoms with van der Waals surface area (Å²) in [5, 5.41) is 3.69. The maximum atomic E-state index is 13.3. The van der Waals surface area contributed by atoms with Crippen LogP contribution in [0, 0.1) is 0 Å². The summed E-state index contributed by atoms with van der Waals surface area (Å²) in [4.78, 5) is 15.3. The van der Waals surface area contributed by atoms with E-state index in [9.17, 15) is 4.79 Å².